The van der Waals surface area contributed by atoms with E-state index in [0.717, 1.165) is 4.88 Å². The highest BCUT2D eigenvalue weighted by atomic mass is 35.5. The Morgan fingerprint density at radius 3 is 2.59 bits per heavy atom. The van der Waals surface area contributed by atoms with E-state index in [1.165, 1.54) is 11.3 Å². The van der Waals surface area contributed by atoms with Crippen molar-refractivity contribution in [1.82, 2.24) is 9.97 Å². The number of ether oxygens (including phenoxy) is 1. The first-order valence-electron chi connectivity index (χ1n) is 8.63. The molecule has 1 aliphatic heterocycles. The van der Waals surface area contributed by atoms with Gasteiger partial charge in [-0.2, -0.15) is 4.98 Å². The Morgan fingerprint density at radius 2 is 1.93 bits per heavy atom. The number of aromatic nitrogens is 2. The number of benzene rings is 1. The van der Waals surface area contributed by atoms with Gasteiger partial charge in [0.05, 0.1) is 38.4 Å². The van der Waals surface area contributed by atoms with Crippen molar-refractivity contribution in [3.05, 3.63) is 57.6 Å². The molecule has 1 aliphatic rings. The lowest BCUT2D eigenvalue weighted by Crippen LogP contribution is -2.21. The maximum Gasteiger partial charge on any atom is 0.307 e. The van der Waals surface area contributed by atoms with Crippen molar-refractivity contribution >= 4 is 38.7 Å². The van der Waals surface area contributed by atoms with Crippen LogP contribution in [-0.4, -0.2) is 35.2 Å². The third kappa shape index (κ3) is 4.58. The summed E-state index contributed by atoms with van der Waals surface area (Å²) in [6, 6.07) is 10.1. The van der Waals surface area contributed by atoms with Gasteiger partial charge in [-0.25, -0.2) is 13.4 Å². The summed E-state index contributed by atoms with van der Waals surface area (Å²) in [5.74, 6) is -0.0296. The van der Waals surface area contributed by atoms with Gasteiger partial charge in [0, 0.05) is 6.42 Å². The molecular formula is C19H15ClN2O5S2. The predicted molar refractivity (Wildman–Crippen MR) is 109 cm³/mol. The molecule has 150 valence electrons. The summed E-state index contributed by atoms with van der Waals surface area (Å²) in [5, 5.41) is 8.88. The number of rotatable bonds is 5. The molecule has 1 aromatic carbocycles. The first-order chi connectivity index (χ1) is 13.8. The number of nitrogens with zero attached hydrogens (tertiary/aromatic N) is 2. The van der Waals surface area contributed by atoms with Gasteiger partial charge in [-0.05, 0) is 29.8 Å². The van der Waals surface area contributed by atoms with E-state index < -0.39 is 15.8 Å². The fourth-order valence-electron chi connectivity index (χ4n) is 2.99. The molecule has 1 N–H and O–H groups in total. The Hall–Kier alpha value is -2.49. The zero-order chi connectivity index (χ0) is 20.6. The van der Waals surface area contributed by atoms with Crippen LogP contribution in [0.3, 0.4) is 0 Å². The monoisotopic (exact) mass is 450 g/mol. The van der Waals surface area contributed by atoms with Crippen molar-refractivity contribution in [1.29, 1.82) is 0 Å². The zero-order valence-corrected chi connectivity index (χ0v) is 17.4. The Balaban J connectivity index is 1.73. The van der Waals surface area contributed by atoms with Crippen LogP contribution in [0.5, 0.6) is 11.6 Å². The van der Waals surface area contributed by atoms with Crippen LogP contribution in [0.4, 0.5) is 0 Å². The minimum Gasteiger partial charge on any atom is -0.481 e. The lowest BCUT2D eigenvalue weighted by molar-refractivity contribution is -0.136. The molecule has 0 spiro atoms. The van der Waals surface area contributed by atoms with Crippen LogP contribution in [0.25, 0.3) is 10.7 Å². The second-order valence-electron chi connectivity index (χ2n) is 6.54. The number of carboxylic acids is 1. The smallest absolute Gasteiger partial charge is 0.307 e. The highest BCUT2D eigenvalue weighted by Gasteiger charge is 2.28. The predicted octanol–water partition coefficient (Wildman–Crippen LogP) is 3.75. The number of hydrogen-bond donors (Lipinski definition) is 1. The molecule has 0 bridgehead atoms. The number of fused-ring (bicyclic) bond motifs is 1. The van der Waals surface area contributed by atoms with E-state index in [-0.39, 0.29) is 23.8 Å². The van der Waals surface area contributed by atoms with Gasteiger partial charge in [-0.1, -0.05) is 23.7 Å². The fraction of sp³-hybridized carbons (Fsp3) is 0.211. The van der Waals surface area contributed by atoms with E-state index in [9.17, 15) is 13.2 Å². The van der Waals surface area contributed by atoms with Gasteiger partial charge >= 0.3 is 5.97 Å². The largest absolute Gasteiger partial charge is 0.481 e. The van der Waals surface area contributed by atoms with Crippen LogP contribution >= 0.6 is 22.9 Å². The lowest BCUT2D eigenvalue weighted by Gasteiger charge is -2.19. The summed E-state index contributed by atoms with van der Waals surface area (Å²) >= 11 is 7.35. The van der Waals surface area contributed by atoms with Crippen molar-refractivity contribution in [3.8, 4) is 22.3 Å². The number of carbonyl (C=O) groups is 1. The molecule has 0 radical (unpaired) electrons. The van der Waals surface area contributed by atoms with Gasteiger partial charge in [-0.3, -0.25) is 4.79 Å². The fourth-order valence-corrected chi connectivity index (χ4v) is 5.35. The normalized spacial score (nSPS) is 14.9. The summed E-state index contributed by atoms with van der Waals surface area (Å²) in [6.07, 6.45) is 0.199. The van der Waals surface area contributed by atoms with Crippen LogP contribution in [0.1, 0.15) is 16.8 Å². The number of carboxylic acid groups (broad SMARTS) is 1. The average molecular weight is 451 g/mol. The molecule has 7 nitrogen and oxygen atoms in total. The quantitative estimate of drug-likeness (QED) is 0.630. The SMILES string of the molecule is O=C(O)Cc1ccc(Oc2nc(-c3ccc(Cl)s3)nc3c2CS(=O)(=O)CC3)cc1. The molecule has 0 saturated heterocycles. The third-order valence-corrected chi connectivity index (χ3v) is 7.14. The van der Waals surface area contributed by atoms with Gasteiger partial charge < -0.3 is 9.84 Å². The van der Waals surface area contributed by atoms with Crippen LogP contribution in [0.15, 0.2) is 36.4 Å². The van der Waals surface area contributed by atoms with Gasteiger partial charge in [0.25, 0.3) is 0 Å². The van der Waals surface area contributed by atoms with Crippen molar-refractivity contribution in [2.75, 3.05) is 5.75 Å². The zero-order valence-electron chi connectivity index (χ0n) is 15.0. The number of thiophene rings is 1. The average Bonchev–Trinajstić information content (AvgIpc) is 3.09. The van der Waals surface area contributed by atoms with Gasteiger partial charge in [-0.15, -0.1) is 11.3 Å². The Kier molecular flexibility index (Phi) is 5.28. The topological polar surface area (TPSA) is 106 Å². The lowest BCUT2D eigenvalue weighted by atomic mass is 10.1. The van der Waals surface area contributed by atoms with Crippen molar-refractivity contribution in [2.24, 2.45) is 0 Å². The number of hydrogen-bond acceptors (Lipinski definition) is 7. The molecule has 0 unspecified atom stereocenters. The minimum absolute atomic E-state index is 0.0327. The first-order valence-corrected chi connectivity index (χ1v) is 11.7. The molecule has 0 fully saturated rings. The van der Waals surface area contributed by atoms with Gasteiger partial charge in [0.1, 0.15) is 5.75 Å². The summed E-state index contributed by atoms with van der Waals surface area (Å²) < 4.78 is 30.8. The second kappa shape index (κ2) is 7.74. The summed E-state index contributed by atoms with van der Waals surface area (Å²) in [5.41, 5.74) is 1.73. The van der Waals surface area contributed by atoms with Crippen LogP contribution < -0.4 is 4.74 Å². The van der Waals surface area contributed by atoms with Crippen molar-refractivity contribution in [3.63, 3.8) is 0 Å². The number of aliphatic carboxylic acids is 1. The molecule has 4 rings (SSSR count). The minimum atomic E-state index is -3.25. The molecular weight excluding hydrogens is 436 g/mol. The van der Waals surface area contributed by atoms with Crippen LogP contribution in [0.2, 0.25) is 4.34 Å². The molecule has 3 heterocycles. The number of sulfone groups is 1. The summed E-state index contributed by atoms with van der Waals surface area (Å²) in [6.45, 7) is 0. The maximum absolute atomic E-state index is 12.1. The molecule has 0 aliphatic carbocycles. The van der Waals surface area contributed by atoms with E-state index in [2.05, 4.69) is 9.97 Å². The van der Waals surface area contributed by atoms with E-state index in [1.54, 1.807) is 36.4 Å². The van der Waals surface area contributed by atoms with E-state index >= 15 is 0 Å². The van der Waals surface area contributed by atoms with Crippen LogP contribution in [0, 0.1) is 0 Å². The standard InChI is InChI=1S/C19H15ClN2O5S2/c20-16-6-5-15(28-16)18-21-14-7-8-29(25,26)10-13(14)19(22-18)27-12-3-1-11(2-4-12)9-17(23)24/h1-6H,7-10H2,(H,23,24). The maximum atomic E-state index is 12.1. The number of aryl methyl sites for hydroxylation is 1. The van der Waals surface area contributed by atoms with Gasteiger partial charge in [0.15, 0.2) is 15.7 Å². The molecule has 10 heteroatoms. The van der Waals surface area contributed by atoms with Gasteiger partial charge in [0.2, 0.25) is 5.88 Å². The van der Waals surface area contributed by atoms with E-state index in [4.69, 9.17) is 21.4 Å². The Labute approximate surface area is 175 Å². The molecule has 0 saturated carbocycles. The highest BCUT2D eigenvalue weighted by molar-refractivity contribution is 7.90. The Morgan fingerprint density at radius 1 is 1.17 bits per heavy atom. The van der Waals surface area contributed by atoms with E-state index in [0.29, 0.717) is 39.2 Å². The molecule has 29 heavy (non-hydrogen) atoms. The molecule has 3 aromatic rings. The third-order valence-electron chi connectivity index (χ3n) is 4.36. The number of halogens is 1. The van der Waals surface area contributed by atoms with Crippen LogP contribution in [-0.2, 0) is 33.2 Å². The highest BCUT2D eigenvalue weighted by Crippen LogP contribution is 2.35. The van der Waals surface area contributed by atoms with E-state index in [1.807, 2.05) is 0 Å². The molecule has 0 atom stereocenters. The first kappa shape index (κ1) is 19.8. The molecule has 0 amide bonds. The summed E-state index contributed by atoms with van der Waals surface area (Å²) in [7, 11) is -3.25. The second-order valence-corrected chi connectivity index (χ2v) is 10.4. The Bertz CT molecular complexity index is 1190. The van der Waals surface area contributed by atoms with Crippen molar-refractivity contribution in [2.45, 2.75) is 18.6 Å². The molecule has 2 aromatic heterocycles. The van der Waals surface area contributed by atoms with Crippen molar-refractivity contribution < 1.29 is 23.1 Å². The summed E-state index contributed by atoms with van der Waals surface area (Å²) in [4.78, 5) is 20.6.